The zero-order chi connectivity index (χ0) is 17.4. The summed E-state index contributed by atoms with van der Waals surface area (Å²) in [5.74, 6) is 0. The lowest BCUT2D eigenvalue weighted by atomic mass is 9.99. The summed E-state index contributed by atoms with van der Waals surface area (Å²) in [5, 5.41) is 8.16. The number of aliphatic imine (C=N–C) groups is 1. The van der Waals surface area contributed by atoms with Crippen molar-refractivity contribution in [1.82, 2.24) is 4.98 Å². The molecule has 0 aliphatic rings. The molecule has 0 aliphatic carbocycles. The average molecular weight is 307 g/mol. The smallest absolute Gasteiger partial charge is 0.0886 e. The molecule has 0 aromatic carbocycles. The van der Waals surface area contributed by atoms with Crippen LogP contribution < -0.4 is 0 Å². The average Bonchev–Trinajstić information content (AvgIpc) is 2.52. The van der Waals surface area contributed by atoms with Gasteiger partial charge in [0.25, 0.3) is 0 Å². The standard InChI is InChI=1S/C20H25N3/c1-7-17(15(4)12-13-22-6)20-16(5)9-11-19(23-20)18(21)10-8-14(2)3/h7-13,21H,2H2,1,3-6H3/b10-8-,15-12+,17-7-,21-18?,22-13?. The van der Waals surface area contributed by atoms with Crippen LogP contribution in [0.2, 0.25) is 0 Å². The van der Waals surface area contributed by atoms with Crippen LogP contribution in [-0.4, -0.2) is 24.0 Å². The van der Waals surface area contributed by atoms with Gasteiger partial charge < -0.3 is 0 Å². The SMILES string of the molecule is C=C(C)/C=C\C(=N)c1ccc(C)c(C(=C\C)/C(C)=C/C=NC)n1. The van der Waals surface area contributed by atoms with Gasteiger partial charge in [0.2, 0.25) is 0 Å². The van der Waals surface area contributed by atoms with Crippen molar-refractivity contribution < 1.29 is 0 Å². The lowest BCUT2D eigenvalue weighted by Gasteiger charge is -2.12. The van der Waals surface area contributed by atoms with Crippen molar-refractivity contribution in [3.8, 4) is 0 Å². The zero-order valence-electron chi connectivity index (χ0n) is 14.6. The second-order valence-corrected chi connectivity index (χ2v) is 5.41. The second-order valence-electron chi connectivity index (χ2n) is 5.41. The molecule has 0 fully saturated rings. The molecule has 0 radical (unpaired) electrons. The Morgan fingerprint density at radius 3 is 2.52 bits per heavy atom. The topological polar surface area (TPSA) is 49.1 Å². The Balaban J connectivity index is 3.29. The summed E-state index contributed by atoms with van der Waals surface area (Å²) >= 11 is 0. The van der Waals surface area contributed by atoms with Crippen molar-refractivity contribution in [2.75, 3.05) is 7.05 Å². The molecule has 0 saturated carbocycles. The number of rotatable bonds is 6. The van der Waals surface area contributed by atoms with E-state index in [1.54, 1.807) is 19.3 Å². The van der Waals surface area contributed by atoms with Crippen LogP contribution in [0.4, 0.5) is 0 Å². The van der Waals surface area contributed by atoms with E-state index in [2.05, 4.69) is 11.6 Å². The molecule has 1 aromatic rings. The van der Waals surface area contributed by atoms with E-state index in [-0.39, 0.29) is 0 Å². The predicted molar refractivity (Wildman–Crippen MR) is 102 cm³/mol. The van der Waals surface area contributed by atoms with Gasteiger partial charge in [-0.05, 0) is 62.6 Å². The maximum absolute atomic E-state index is 8.16. The first-order valence-corrected chi connectivity index (χ1v) is 7.57. The third kappa shape index (κ3) is 5.29. The Morgan fingerprint density at radius 1 is 1.26 bits per heavy atom. The minimum absolute atomic E-state index is 0.376. The molecule has 0 saturated heterocycles. The van der Waals surface area contributed by atoms with Gasteiger partial charge in [0.05, 0.1) is 17.1 Å². The Hall–Kier alpha value is -2.55. The van der Waals surface area contributed by atoms with Gasteiger partial charge in [-0.1, -0.05) is 30.4 Å². The number of nitrogens with one attached hydrogen (secondary N) is 1. The van der Waals surface area contributed by atoms with E-state index in [0.29, 0.717) is 11.4 Å². The highest BCUT2D eigenvalue weighted by Gasteiger charge is 2.10. The van der Waals surface area contributed by atoms with E-state index >= 15 is 0 Å². The molecule has 0 amide bonds. The molecule has 1 aromatic heterocycles. The summed E-state index contributed by atoms with van der Waals surface area (Å²) in [7, 11) is 1.75. The number of pyridine rings is 1. The molecule has 1 heterocycles. The molecule has 1 rings (SSSR count). The number of allylic oxidation sites excluding steroid dienone is 7. The summed E-state index contributed by atoms with van der Waals surface area (Å²) in [6.45, 7) is 11.8. The molecular weight excluding hydrogens is 282 g/mol. The molecule has 0 bridgehead atoms. The highest BCUT2D eigenvalue weighted by Crippen LogP contribution is 2.24. The van der Waals surface area contributed by atoms with Crippen molar-refractivity contribution in [3.63, 3.8) is 0 Å². The van der Waals surface area contributed by atoms with Crippen molar-refractivity contribution in [1.29, 1.82) is 5.41 Å². The van der Waals surface area contributed by atoms with E-state index in [9.17, 15) is 0 Å². The first kappa shape index (κ1) is 18.5. The summed E-state index contributed by atoms with van der Waals surface area (Å²) in [4.78, 5) is 8.69. The Labute approximate surface area is 139 Å². The van der Waals surface area contributed by atoms with Crippen LogP contribution in [-0.2, 0) is 0 Å². The summed E-state index contributed by atoms with van der Waals surface area (Å²) in [6.07, 6.45) is 9.33. The molecule has 1 N–H and O–H groups in total. The fraction of sp³-hybridized carbons (Fsp3) is 0.250. The van der Waals surface area contributed by atoms with Gasteiger partial charge in [-0.15, -0.1) is 0 Å². The fourth-order valence-electron chi connectivity index (χ4n) is 2.09. The lowest BCUT2D eigenvalue weighted by molar-refractivity contribution is 1.18. The van der Waals surface area contributed by atoms with Crippen LogP contribution in [0.25, 0.3) is 5.57 Å². The monoisotopic (exact) mass is 307 g/mol. The Morgan fingerprint density at radius 2 is 1.96 bits per heavy atom. The molecule has 0 unspecified atom stereocenters. The van der Waals surface area contributed by atoms with Gasteiger partial charge in [0.1, 0.15) is 0 Å². The van der Waals surface area contributed by atoms with Gasteiger partial charge in [-0.25, -0.2) is 4.98 Å². The third-order valence-electron chi connectivity index (χ3n) is 3.35. The number of hydrogen-bond acceptors (Lipinski definition) is 3. The van der Waals surface area contributed by atoms with Crippen LogP contribution >= 0.6 is 0 Å². The van der Waals surface area contributed by atoms with Crippen LogP contribution in [0.15, 0.2) is 59.2 Å². The molecule has 120 valence electrons. The minimum atomic E-state index is 0.376. The van der Waals surface area contributed by atoms with Crippen molar-refractivity contribution in [2.45, 2.75) is 27.7 Å². The third-order valence-corrected chi connectivity index (χ3v) is 3.35. The first-order chi connectivity index (χ1) is 10.9. The molecular formula is C20H25N3. The van der Waals surface area contributed by atoms with Crippen molar-refractivity contribution in [2.24, 2.45) is 4.99 Å². The van der Waals surface area contributed by atoms with E-state index in [0.717, 1.165) is 28.0 Å². The largest absolute Gasteiger partial charge is 0.299 e. The Bertz CT molecular complexity index is 716. The van der Waals surface area contributed by atoms with Crippen LogP contribution in [0.5, 0.6) is 0 Å². The van der Waals surface area contributed by atoms with E-state index in [1.165, 1.54) is 0 Å². The summed E-state index contributed by atoms with van der Waals surface area (Å²) in [5.41, 5.74) is 6.07. The van der Waals surface area contributed by atoms with E-state index in [1.807, 2.05) is 58.1 Å². The first-order valence-electron chi connectivity index (χ1n) is 7.57. The molecule has 23 heavy (non-hydrogen) atoms. The lowest BCUT2D eigenvalue weighted by Crippen LogP contribution is -2.04. The highest BCUT2D eigenvalue weighted by atomic mass is 14.7. The van der Waals surface area contributed by atoms with Gasteiger partial charge in [-0.2, -0.15) is 0 Å². The normalized spacial score (nSPS) is 13.1. The number of nitrogens with zero attached hydrogens (tertiary/aromatic N) is 2. The molecule has 0 spiro atoms. The van der Waals surface area contributed by atoms with Gasteiger partial charge in [0.15, 0.2) is 0 Å². The predicted octanol–water partition coefficient (Wildman–Crippen LogP) is 4.94. The van der Waals surface area contributed by atoms with Gasteiger partial charge in [-0.3, -0.25) is 10.4 Å². The van der Waals surface area contributed by atoms with Crippen LogP contribution in [0.3, 0.4) is 0 Å². The zero-order valence-corrected chi connectivity index (χ0v) is 14.6. The summed E-state index contributed by atoms with van der Waals surface area (Å²) < 4.78 is 0. The quantitative estimate of drug-likeness (QED) is 0.587. The highest BCUT2D eigenvalue weighted by molar-refractivity contribution is 6.05. The number of aryl methyl sites for hydroxylation is 1. The van der Waals surface area contributed by atoms with Crippen LogP contribution in [0.1, 0.15) is 37.7 Å². The maximum atomic E-state index is 8.16. The fourth-order valence-corrected chi connectivity index (χ4v) is 2.09. The second kappa shape index (κ2) is 8.79. The van der Waals surface area contributed by atoms with E-state index < -0.39 is 0 Å². The molecule has 3 nitrogen and oxygen atoms in total. The van der Waals surface area contributed by atoms with Crippen molar-refractivity contribution >= 4 is 17.5 Å². The van der Waals surface area contributed by atoms with Gasteiger partial charge in [0, 0.05) is 13.3 Å². The van der Waals surface area contributed by atoms with E-state index in [4.69, 9.17) is 10.4 Å². The number of hydrogen-bond donors (Lipinski definition) is 1. The van der Waals surface area contributed by atoms with Gasteiger partial charge >= 0.3 is 0 Å². The Kier molecular flexibility index (Phi) is 7.07. The molecule has 0 atom stereocenters. The van der Waals surface area contributed by atoms with Crippen LogP contribution in [0, 0.1) is 12.3 Å². The maximum Gasteiger partial charge on any atom is 0.0886 e. The summed E-state index contributed by atoms with van der Waals surface area (Å²) in [6, 6.07) is 3.88. The molecule has 3 heteroatoms. The molecule has 0 aliphatic heterocycles. The number of aromatic nitrogens is 1. The van der Waals surface area contributed by atoms with Crippen molar-refractivity contribution in [3.05, 3.63) is 71.1 Å². The minimum Gasteiger partial charge on any atom is -0.299 e.